The summed E-state index contributed by atoms with van der Waals surface area (Å²) in [6.07, 6.45) is 5.01. The molecule has 3 aromatic carbocycles. The number of nitrogens with zero attached hydrogens (tertiary/aromatic N) is 2. The topological polar surface area (TPSA) is 16.2 Å². The second-order valence-corrected chi connectivity index (χ2v) is 6.35. The van der Waals surface area contributed by atoms with E-state index in [4.69, 9.17) is 0 Å². The van der Waals surface area contributed by atoms with Gasteiger partial charge in [0.05, 0.1) is 6.20 Å². The van der Waals surface area contributed by atoms with Crippen LogP contribution in [-0.4, -0.2) is 6.21 Å². The quantitative estimate of drug-likeness (QED) is 0.248. The van der Waals surface area contributed by atoms with E-state index in [1.807, 2.05) is 43.6 Å². The molecule has 2 nitrogen and oxygen atoms in total. The minimum Gasteiger partial charge on any atom is -0.390 e. The molecule has 3 heteroatoms. The smallest absolute Gasteiger partial charge is 0.135 e. The van der Waals surface area contributed by atoms with Gasteiger partial charge in [-0.05, 0) is 35.5 Å². The molecule has 1 heterocycles. The molecule has 27 heavy (non-hydrogen) atoms. The molecule has 0 aliphatic rings. The van der Waals surface area contributed by atoms with Crippen LogP contribution in [0.3, 0.4) is 0 Å². The fourth-order valence-electron chi connectivity index (χ4n) is 3.18. The number of fused-ring (bicyclic) bond motifs is 1. The third-order valence-corrected chi connectivity index (χ3v) is 4.61. The molecule has 0 aliphatic heterocycles. The molecule has 4 rings (SSSR count). The van der Waals surface area contributed by atoms with Gasteiger partial charge in [0.2, 0.25) is 0 Å². The third kappa shape index (κ3) is 4.23. The Morgan fingerprint density at radius 1 is 0.926 bits per heavy atom. The first-order valence-electron chi connectivity index (χ1n) is 8.64. The molecule has 0 unspecified atom stereocenters. The Morgan fingerprint density at radius 3 is 2.48 bits per heavy atom. The maximum atomic E-state index is 4.48. The molecule has 0 saturated carbocycles. The molecule has 0 spiro atoms. The van der Waals surface area contributed by atoms with Crippen molar-refractivity contribution in [2.45, 2.75) is 6.92 Å². The second kappa shape index (κ2) is 8.69. The summed E-state index contributed by atoms with van der Waals surface area (Å²) in [6.45, 7) is 2.17. The van der Waals surface area contributed by atoms with Gasteiger partial charge < -0.3 is 4.99 Å². The van der Waals surface area contributed by atoms with E-state index in [0.29, 0.717) is 0 Å². The van der Waals surface area contributed by atoms with Gasteiger partial charge >= 0.3 is 0 Å². The van der Waals surface area contributed by atoms with Gasteiger partial charge in [0.15, 0.2) is 0 Å². The summed E-state index contributed by atoms with van der Waals surface area (Å²) in [5, 5.41) is 2.54. The molecule has 0 amide bonds. The number of hydrogen-bond acceptors (Lipinski definition) is 1. The maximum absolute atomic E-state index is 4.48. The minimum absolute atomic E-state index is 0. The van der Waals surface area contributed by atoms with Gasteiger partial charge in [0, 0.05) is 38.3 Å². The molecule has 4 aromatic rings. The van der Waals surface area contributed by atoms with Crippen molar-refractivity contribution in [3.05, 3.63) is 96.2 Å². The van der Waals surface area contributed by atoms with E-state index < -0.39 is 0 Å². The molecule has 129 valence electrons. The average molecular weight is 424 g/mol. The summed E-state index contributed by atoms with van der Waals surface area (Å²) >= 11 is 0. The van der Waals surface area contributed by atoms with Crippen LogP contribution in [-0.2, 0) is 39.8 Å². The first-order valence-corrected chi connectivity index (χ1v) is 8.64. The summed E-state index contributed by atoms with van der Waals surface area (Å²) < 4.78 is 2.08. The summed E-state index contributed by atoms with van der Waals surface area (Å²) in [5.41, 5.74) is 5.32. The first-order chi connectivity index (χ1) is 12.7. The maximum Gasteiger partial charge on any atom is 0.135 e. The molecule has 0 bridgehead atoms. The van der Waals surface area contributed by atoms with E-state index >= 15 is 0 Å². The van der Waals surface area contributed by atoms with Crippen LogP contribution in [0.25, 0.3) is 22.0 Å². The molecular formula is C24H19N2Y-. The monoisotopic (exact) mass is 424 g/mol. The standard InChI is InChI=1S/C24H19N2.Y/c1-18-22-11-7-6-10-20(22)12-13-23(18)24-16-21(14-15-26(24)2)25-17-19-8-4-3-5-9-19;/h3-13,15-16H,1-2H3;/q-1;. The van der Waals surface area contributed by atoms with Gasteiger partial charge in [0.25, 0.3) is 0 Å². The number of rotatable bonds is 3. The molecule has 1 aromatic heterocycles. The van der Waals surface area contributed by atoms with Gasteiger partial charge in [-0.15, -0.1) is 29.8 Å². The van der Waals surface area contributed by atoms with Gasteiger partial charge in [0.1, 0.15) is 12.7 Å². The van der Waals surface area contributed by atoms with Crippen molar-refractivity contribution in [1.29, 1.82) is 0 Å². The number of aryl methyl sites for hydroxylation is 2. The zero-order valence-electron chi connectivity index (χ0n) is 15.5. The van der Waals surface area contributed by atoms with E-state index in [1.54, 1.807) is 0 Å². The van der Waals surface area contributed by atoms with E-state index in [1.165, 1.54) is 21.9 Å². The Hall–Kier alpha value is -2.16. The van der Waals surface area contributed by atoms with Crippen molar-refractivity contribution >= 4 is 22.7 Å². The predicted octanol–water partition coefficient (Wildman–Crippen LogP) is 5.07. The van der Waals surface area contributed by atoms with Gasteiger partial charge in [-0.2, -0.15) is 11.8 Å². The molecular weight excluding hydrogens is 405 g/mol. The number of hydrogen-bond donors (Lipinski definition) is 0. The van der Waals surface area contributed by atoms with Crippen molar-refractivity contribution in [1.82, 2.24) is 0 Å². The van der Waals surface area contributed by atoms with Crippen LogP contribution in [0.5, 0.6) is 0 Å². The van der Waals surface area contributed by atoms with Crippen molar-refractivity contribution < 1.29 is 37.3 Å². The van der Waals surface area contributed by atoms with Crippen LogP contribution in [0.2, 0.25) is 0 Å². The number of pyridine rings is 1. The van der Waals surface area contributed by atoms with Crippen molar-refractivity contribution in [3.63, 3.8) is 0 Å². The number of aromatic nitrogens is 1. The zero-order chi connectivity index (χ0) is 17.9. The summed E-state index contributed by atoms with van der Waals surface area (Å²) in [4.78, 5) is 4.48. The van der Waals surface area contributed by atoms with Crippen LogP contribution in [0.1, 0.15) is 11.1 Å². The van der Waals surface area contributed by atoms with E-state index in [0.717, 1.165) is 16.9 Å². The minimum atomic E-state index is 0. The van der Waals surface area contributed by atoms with Gasteiger partial charge in [-0.25, -0.2) is 10.6 Å². The predicted molar refractivity (Wildman–Crippen MR) is 107 cm³/mol. The SMILES string of the molecule is Cc1c(-c2cc(N=[C-]c3ccccc3)[c-]c[n+]2C)ccc2ccccc12.[Y]. The van der Waals surface area contributed by atoms with Crippen LogP contribution >= 0.6 is 0 Å². The van der Waals surface area contributed by atoms with Crippen LogP contribution in [0.15, 0.2) is 84.0 Å². The number of aliphatic imine (C=N–C) groups is 1. The van der Waals surface area contributed by atoms with E-state index in [-0.39, 0.29) is 32.7 Å². The van der Waals surface area contributed by atoms with Crippen molar-refractivity contribution in [2.24, 2.45) is 12.0 Å². The normalized spacial score (nSPS) is 10.9. The Morgan fingerprint density at radius 2 is 1.67 bits per heavy atom. The summed E-state index contributed by atoms with van der Waals surface area (Å²) in [7, 11) is 2.04. The van der Waals surface area contributed by atoms with E-state index in [9.17, 15) is 0 Å². The molecule has 0 fully saturated rings. The Labute approximate surface area is 185 Å². The molecule has 0 aliphatic carbocycles. The summed E-state index contributed by atoms with van der Waals surface area (Å²) in [5.74, 6) is 0. The largest absolute Gasteiger partial charge is 0.390 e. The van der Waals surface area contributed by atoms with Gasteiger partial charge in [-0.3, -0.25) is 0 Å². The zero-order valence-corrected chi connectivity index (χ0v) is 18.3. The molecule has 0 N–H and O–H groups in total. The van der Waals surface area contributed by atoms with Crippen molar-refractivity contribution in [2.75, 3.05) is 0 Å². The molecule has 0 atom stereocenters. The Bertz CT molecular complexity index is 1100. The fraction of sp³-hybridized carbons (Fsp3) is 0.0833. The Balaban J connectivity index is 0.00000210. The molecule has 1 radical (unpaired) electrons. The molecule has 0 saturated heterocycles. The summed E-state index contributed by atoms with van der Waals surface area (Å²) in [6, 6.07) is 28.0. The van der Waals surface area contributed by atoms with Crippen LogP contribution < -0.4 is 4.57 Å². The third-order valence-electron chi connectivity index (χ3n) is 4.61. The first kappa shape index (κ1) is 19.6. The van der Waals surface area contributed by atoms with Crippen LogP contribution in [0, 0.1) is 13.0 Å². The fourth-order valence-corrected chi connectivity index (χ4v) is 3.18. The van der Waals surface area contributed by atoms with E-state index in [2.05, 4.69) is 71.2 Å². The average Bonchev–Trinajstić information content (AvgIpc) is 2.69. The van der Waals surface area contributed by atoms with Crippen molar-refractivity contribution in [3.8, 4) is 11.3 Å². The van der Waals surface area contributed by atoms with Gasteiger partial charge in [-0.1, -0.05) is 36.4 Å². The number of benzene rings is 3. The second-order valence-electron chi connectivity index (χ2n) is 6.35. The Kier molecular flexibility index (Phi) is 6.31. The van der Waals surface area contributed by atoms with Crippen LogP contribution in [0.4, 0.5) is 5.69 Å².